The van der Waals surface area contributed by atoms with Crippen LogP contribution in [-0.2, 0) is 4.79 Å². The normalized spacial score (nSPS) is 13.8. The summed E-state index contributed by atoms with van der Waals surface area (Å²) >= 11 is 0. The molecule has 0 fully saturated rings. The number of pyridine rings is 1. The van der Waals surface area contributed by atoms with Gasteiger partial charge in [0.1, 0.15) is 12.7 Å². The molecule has 0 radical (unpaired) electrons. The SMILES string of the molecule is CC[C@H](C)[C@H](N)C(=O)Nc1cccnc1-n1cncn1. The summed E-state index contributed by atoms with van der Waals surface area (Å²) in [5.74, 6) is 0.393. The molecule has 0 aliphatic heterocycles. The monoisotopic (exact) mass is 274 g/mol. The van der Waals surface area contributed by atoms with Crippen molar-refractivity contribution >= 4 is 11.6 Å². The summed E-state index contributed by atoms with van der Waals surface area (Å²) in [4.78, 5) is 20.2. The topological polar surface area (TPSA) is 98.7 Å². The Kier molecular flexibility index (Phi) is 4.41. The molecule has 0 unspecified atom stereocenters. The maximum absolute atomic E-state index is 12.1. The first-order chi connectivity index (χ1) is 9.63. The Morgan fingerprint density at radius 1 is 1.55 bits per heavy atom. The number of carbonyl (C=O) groups is 1. The van der Waals surface area contributed by atoms with E-state index >= 15 is 0 Å². The Morgan fingerprint density at radius 2 is 2.35 bits per heavy atom. The molecule has 2 rings (SSSR count). The van der Waals surface area contributed by atoms with E-state index in [1.165, 1.54) is 17.3 Å². The molecule has 2 aromatic rings. The fraction of sp³-hybridized carbons (Fsp3) is 0.385. The van der Waals surface area contributed by atoms with Crippen LogP contribution in [0.15, 0.2) is 31.0 Å². The van der Waals surface area contributed by atoms with E-state index in [1.54, 1.807) is 18.3 Å². The average molecular weight is 274 g/mol. The van der Waals surface area contributed by atoms with Crippen molar-refractivity contribution in [2.75, 3.05) is 5.32 Å². The molecular weight excluding hydrogens is 256 g/mol. The molecule has 0 aliphatic rings. The van der Waals surface area contributed by atoms with Crippen LogP contribution in [0.2, 0.25) is 0 Å². The van der Waals surface area contributed by atoms with Crippen molar-refractivity contribution in [1.82, 2.24) is 19.7 Å². The van der Waals surface area contributed by atoms with Crippen LogP contribution in [0.25, 0.3) is 5.82 Å². The van der Waals surface area contributed by atoms with Crippen molar-refractivity contribution in [2.24, 2.45) is 11.7 Å². The smallest absolute Gasteiger partial charge is 0.241 e. The number of aromatic nitrogens is 4. The Bertz CT molecular complexity index is 568. The van der Waals surface area contributed by atoms with Gasteiger partial charge in [-0.2, -0.15) is 5.10 Å². The van der Waals surface area contributed by atoms with Crippen molar-refractivity contribution in [3.63, 3.8) is 0 Å². The van der Waals surface area contributed by atoms with Gasteiger partial charge in [-0.25, -0.2) is 14.6 Å². The number of hydrogen-bond donors (Lipinski definition) is 2. The predicted molar refractivity (Wildman–Crippen MR) is 75.2 cm³/mol. The fourth-order valence-corrected chi connectivity index (χ4v) is 1.72. The summed E-state index contributed by atoms with van der Waals surface area (Å²) in [7, 11) is 0. The van der Waals surface area contributed by atoms with Crippen LogP contribution in [0.1, 0.15) is 20.3 Å². The maximum Gasteiger partial charge on any atom is 0.241 e. The van der Waals surface area contributed by atoms with Gasteiger partial charge >= 0.3 is 0 Å². The van der Waals surface area contributed by atoms with Gasteiger partial charge in [-0.05, 0) is 18.1 Å². The Labute approximate surface area is 117 Å². The lowest BCUT2D eigenvalue weighted by molar-refractivity contribution is -0.118. The van der Waals surface area contributed by atoms with Crippen molar-refractivity contribution < 1.29 is 4.79 Å². The largest absolute Gasteiger partial charge is 0.322 e. The molecule has 2 heterocycles. The van der Waals surface area contributed by atoms with Crippen molar-refractivity contribution in [3.8, 4) is 5.82 Å². The molecule has 0 aliphatic carbocycles. The van der Waals surface area contributed by atoms with Gasteiger partial charge < -0.3 is 11.1 Å². The van der Waals surface area contributed by atoms with E-state index in [4.69, 9.17) is 5.73 Å². The van der Waals surface area contributed by atoms with E-state index in [9.17, 15) is 4.79 Å². The van der Waals surface area contributed by atoms with Gasteiger partial charge in [0, 0.05) is 6.20 Å². The summed E-state index contributed by atoms with van der Waals surface area (Å²) in [6, 6.07) is 2.94. The molecule has 2 aromatic heterocycles. The second-order valence-electron chi connectivity index (χ2n) is 4.62. The summed E-state index contributed by atoms with van der Waals surface area (Å²) in [6.45, 7) is 3.95. The number of nitrogens with one attached hydrogen (secondary N) is 1. The molecule has 20 heavy (non-hydrogen) atoms. The molecule has 7 nitrogen and oxygen atoms in total. The lowest BCUT2D eigenvalue weighted by Gasteiger charge is -2.18. The Morgan fingerprint density at radius 3 is 3.00 bits per heavy atom. The lowest BCUT2D eigenvalue weighted by Crippen LogP contribution is -2.40. The molecule has 0 spiro atoms. The number of nitrogens with two attached hydrogens (primary N) is 1. The highest BCUT2D eigenvalue weighted by atomic mass is 16.2. The fourth-order valence-electron chi connectivity index (χ4n) is 1.72. The van der Waals surface area contributed by atoms with E-state index in [-0.39, 0.29) is 11.8 Å². The first-order valence-electron chi connectivity index (χ1n) is 6.50. The first-order valence-corrected chi connectivity index (χ1v) is 6.50. The minimum atomic E-state index is -0.552. The summed E-state index contributed by atoms with van der Waals surface area (Å²) < 4.78 is 1.49. The third kappa shape index (κ3) is 3.00. The average Bonchev–Trinajstić information content (AvgIpc) is 3.00. The van der Waals surface area contributed by atoms with Crippen LogP contribution < -0.4 is 11.1 Å². The van der Waals surface area contributed by atoms with E-state index in [2.05, 4.69) is 20.4 Å². The van der Waals surface area contributed by atoms with E-state index < -0.39 is 6.04 Å². The summed E-state index contributed by atoms with van der Waals surface area (Å²) in [5.41, 5.74) is 6.48. The van der Waals surface area contributed by atoms with Gasteiger partial charge in [-0.3, -0.25) is 4.79 Å². The molecule has 0 saturated heterocycles. The number of nitrogens with zero attached hydrogens (tertiary/aromatic N) is 4. The zero-order valence-electron chi connectivity index (χ0n) is 11.5. The Hall–Kier alpha value is -2.28. The molecule has 1 amide bonds. The molecule has 3 N–H and O–H groups in total. The third-order valence-electron chi connectivity index (χ3n) is 3.24. The van der Waals surface area contributed by atoms with Crippen molar-refractivity contribution in [1.29, 1.82) is 0 Å². The van der Waals surface area contributed by atoms with Gasteiger partial charge in [0.2, 0.25) is 5.91 Å². The summed E-state index contributed by atoms with van der Waals surface area (Å²) in [5, 5.41) is 6.81. The van der Waals surface area contributed by atoms with Crippen LogP contribution in [0.4, 0.5) is 5.69 Å². The molecule has 7 heteroatoms. The Balaban J connectivity index is 2.20. The number of anilines is 1. The second-order valence-corrected chi connectivity index (χ2v) is 4.62. The highest BCUT2D eigenvalue weighted by Crippen LogP contribution is 2.17. The van der Waals surface area contributed by atoms with E-state index in [0.717, 1.165) is 6.42 Å². The summed E-state index contributed by atoms with van der Waals surface area (Å²) in [6.07, 6.45) is 5.40. The minimum absolute atomic E-state index is 0.112. The zero-order valence-corrected chi connectivity index (χ0v) is 11.5. The molecule has 0 saturated carbocycles. The highest BCUT2D eigenvalue weighted by Gasteiger charge is 2.20. The first kappa shape index (κ1) is 14.1. The van der Waals surface area contributed by atoms with Crippen LogP contribution in [-0.4, -0.2) is 31.7 Å². The van der Waals surface area contributed by atoms with Crippen LogP contribution >= 0.6 is 0 Å². The van der Waals surface area contributed by atoms with Crippen molar-refractivity contribution in [2.45, 2.75) is 26.3 Å². The number of rotatable bonds is 5. The standard InChI is InChI=1S/C13H18N6O/c1-3-9(2)11(14)13(20)18-10-5-4-6-16-12(10)19-8-15-7-17-19/h4-9,11H,3,14H2,1-2H3,(H,18,20)/t9-,11-/m0/s1. The van der Waals surface area contributed by atoms with Gasteiger partial charge in [-0.1, -0.05) is 20.3 Å². The number of carbonyl (C=O) groups excluding carboxylic acids is 1. The van der Waals surface area contributed by atoms with Crippen LogP contribution in [0.5, 0.6) is 0 Å². The highest BCUT2D eigenvalue weighted by molar-refractivity contribution is 5.96. The van der Waals surface area contributed by atoms with Gasteiger partial charge in [-0.15, -0.1) is 0 Å². The van der Waals surface area contributed by atoms with Crippen molar-refractivity contribution in [3.05, 3.63) is 31.0 Å². The van der Waals surface area contributed by atoms with E-state index in [0.29, 0.717) is 11.5 Å². The number of amides is 1. The van der Waals surface area contributed by atoms with E-state index in [1.807, 2.05) is 13.8 Å². The lowest BCUT2D eigenvalue weighted by atomic mass is 9.99. The van der Waals surface area contributed by atoms with Crippen LogP contribution in [0, 0.1) is 5.92 Å². The zero-order chi connectivity index (χ0) is 14.5. The second kappa shape index (κ2) is 6.25. The molecule has 2 atom stereocenters. The molecule has 0 aromatic carbocycles. The van der Waals surface area contributed by atoms with Crippen LogP contribution in [0.3, 0.4) is 0 Å². The quantitative estimate of drug-likeness (QED) is 0.846. The molecular formula is C13H18N6O. The molecule has 0 bridgehead atoms. The van der Waals surface area contributed by atoms with Gasteiger partial charge in [0.25, 0.3) is 0 Å². The third-order valence-corrected chi connectivity index (χ3v) is 3.24. The van der Waals surface area contributed by atoms with Gasteiger partial charge in [0.15, 0.2) is 5.82 Å². The predicted octanol–water partition coefficient (Wildman–Crippen LogP) is 0.974. The van der Waals surface area contributed by atoms with Gasteiger partial charge in [0.05, 0.1) is 11.7 Å². The number of hydrogen-bond acceptors (Lipinski definition) is 5. The minimum Gasteiger partial charge on any atom is -0.322 e. The molecule has 106 valence electrons. The maximum atomic E-state index is 12.1.